The van der Waals surface area contributed by atoms with Crippen molar-refractivity contribution < 1.29 is 4.39 Å². The van der Waals surface area contributed by atoms with Crippen LogP contribution >= 0.6 is 0 Å². The molecule has 0 aliphatic heterocycles. The summed E-state index contributed by atoms with van der Waals surface area (Å²) in [4.78, 5) is 4.08. The molecule has 0 aliphatic rings. The molecule has 0 fully saturated rings. The fourth-order valence-corrected chi connectivity index (χ4v) is 2.12. The largest absolute Gasteiger partial charge is 0.271 e. The van der Waals surface area contributed by atoms with Crippen LogP contribution in [0.15, 0.2) is 42.6 Å². The maximum atomic E-state index is 13.8. The number of rotatable bonds is 3. The molecular formula is C16H20FN3. The molecule has 0 aliphatic carbocycles. The Morgan fingerprint density at radius 2 is 1.80 bits per heavy atom. The SMILES string of the molecule is CC(C)(C)c1ccc(C(NN)c2ncccc2F)cc1. The predicted octanol–water partition coefficient (Wildman–Crippen LogP) is 3.07. The van der Waals surface area contributed by atoms with Gasteiger partial charge in [0.2, 0.25) is 0 Å². The normalized spacial score (nSPS) is 13.2. The maximum absolute atomic E-state index is 13.8. The first-order chi connectivity index (χ1) is 9.43. The van der Waals surface area contributed by atoms with Crippen molar-refractivity contribution in [3.63, 3.8) is 0 Å². The van der Waals surface area contributed by atoms with Gasteiger partial charge < -0.3 is 0 Å². The molecule has 2 rings (SSSR count). The van der Waals surface area contributed by atoms with Gasteiger partial charge in [0.15, 0.2) is 0 Å². The molecule has 1 aromatic carbocycles. The second-order valence-corrected chi connectivity index (χ2v) is 5.84. The highest BCUT2D eigenvalue weighted by Crippen LogP contribution is 2.26. The highest BCUT2D eigenvalue weighted by Gasteiger charge is 2.19. The van der Waals surface area contributed by atoms with Crippen LogP contribution in [0.4, 0.5) is 4.39 Å². The molecule has 1 atom stereocenters. The molecule has 3 nitrogen and oxygen atoms in total. The van der Waals surface area contributed by atoms with Crippen LogP contribution in [-0.2, 0) is 5.41 Å². The Balaban J connectivity index is 2.36. The summed E-state index contributed by atoms with van der Waals surface area (Å²) in [5.74, 6) is 5.21. The number of pyridine rings is 1. The summed E-state index contributed by atoms with van der Waals surface area (Å²) >= 11 is 0. The lowest BCUT2D eigenvalue weighted by atomic mass is 9.86. The van der Waals surface area contributed by atoms with Crippen LogP contribution in [0, 0.1) is 5.82 Å². The van der Waals surface area contributed by atoms with E-state index in [0.717, 1.165) is 5.56 Å². The molecular weight excluding hydrogens is 253 g/mol. The molecule has 20 heavy (non-hydrogen) atoms. The van der Waals surface area contributed by atoms with Gasteiger partial charge in [0, 0.05) is 6.20 Å². The van der Waals surface area contributed by atoms with Gasteiger partial charge in [0.05, 0.1) is 11.7 Å². The number of benzene rings is 1. The minimum atomic E-state index is -0.454. The number of aromatic nitrogens is 1. The lowest BCUT2D eigenvalue weighted by Gasteiger charge is -2.21. The minimum absolute atomic E-state index is 0.0837. The van der Waals surface area contributed by atoms with Crippen LogP contribution in [0.25, 0.3) is 0 Å². The van der Waals surface area contributed by atoms with Crippen LogP contribution in [0.2, 0.25) is 0 Å². The van der Waals surface area contributed by atoms with Crippen molar-refractivity contribution in [3.05, 3.63) is 65.2 Å². The molecule has 0 radical (unpaired) electrons. The summed E-state index contributed by atoms with van der Waals surface area (Å²) in [5, 5.41) is 0. The number of nitrogens with zero attached hydrogens (tertiary/aromatic N) is 1. The third kappa shape index (κ3) is 3.03. The van der Waals surface area contributed by atoms with Gasteiger partial charge in [-0.15, -0.1) is 0 Å². The summed E-state index contributed by atoms with van der Waals surface area (Å²) < 4.78 is 13.8. The molecule has 1 aromatic heterocycles. The van der Waals surface area contributed by atoms with E-state index in [2.05, 4.69) is 31.2 Å². The van der Waals surface area contributed by atoms with Crippen molar-refractivity contribution in [2.45, 2.75) is 32.2 Å². The Morgan fingerprint density at radius 1 is 1.15 bits per heavy atom. The first-order valence-corrected chi connectivity index (χ1v) is 6.60. The van der Waals surface area contributed by atoms with Crippen LogP contribution in [0.3, 0.4) is 0 Å². The van der Waals surface area contributed by atoms with Gasteiger partial charge in [-0.25, -0.2) is 9.82 Å². The van der Waals surface area contributed by atoms with Gasteiger partial charge in [-0.1, -0.05) is 45.0 Å². The van der Waals surface area contributed by atoms with Crippen molar-refractivity contribution >= 4 is 0 Å². The number of halogens is 1. The molecule has 0 bridgehead atoms. The van der Waals surface area contributed by atoms with Gasteiger partial charge in [0.25, 0.3) is 0 Å². The summed E-state index contributed by atoms with van der Waals surface area (Å²) in [6, 6.07) is 10.5. The average Bonchev–Trinajstić information content (AvgIpc) is 2.41. The number of nitrogens with two attached hydrogens (primary N) is 1. The molecule has 2 aromatic rings. The van der Waals surface area contributed by atoms with Gasteiger partial charge in [-0.05, 0) is 28.7 Å². The lowest BCUT2D eigenvalue weighted by molar-refractivity contribution is 0.542. The third-order valence-corrected chi connectivity index (χ3v) is 3.34. The Bertz CT molecular complexity index is 573. The quantitative estimate of drug-likeness (QED) is 0.667. The fraction of sp³-hybridized carbons (Fsp3) is 0.312. The van der Waals surface area contributed by atoms with E-state index >= 15 is 0 Å². The molecule has 0 saturated heterocycles. The standard InChI is InChI=1S/C16H20FN3/c1-16(2,3)12-8-6-11(7-9-12)14(20-18)15-13(17)5-4-10-19-15/h4-10,14,20H,18H2,1-3H3. The first-order valence-electron chi connectivity index (χ1n) is 6.60. The third-order valence-electron chi connectivity index (χ3n) is 3.34. The first kappa shape index (κ1) is 14.6. The number of nitrogens with one attached hydrogen (secondary N) is 1. The average molecular weight is 273 g/mol. The molecule has 0 spiro atoms. The second-order valence-electron chi connectivity index (χ2n) is 5.84. The zero-order valence-electron chi connectivity index (χ0n) is 12.0. The Labute approximate surface area is 119 Å². The van der Waals surface area contributed by atoms with Crippen molar-refractivity contribution in [1.29, 1.82) is 0 Å². The van der Waals surface area contributed by atoms with Gasteiger partial charge in [-0.3, -0.25) is 10.8 Å². The summed E-state index contributed by atoms with van der Waals surface area (Å²) in [7, 11) is 0. The maximum Gasteiger partial charge on any atom is 0.146 e. The van der Waals surface area contributed by atoms with E-state index in [-0.39, 0.29) is 11.2 Å². The Morgan fingerprint density at radius 3 is 2.30 bits per heavy atom. The Kier molecular flexibility index (Phi) is 4.16. The van der Waals surface area contributed by atoms with Crippen LogP contribution in [0.1, 0.15) is 43.6 Å². The lowest BCUT2D eigenvalue weighted by Crippen LogP contribution is -2.30. The molecule has 0 saturated carbocycles. The van der Waals surface area contributed by atoms with Crippen LogP contribution in [0.5, 0.6) is 0 Å². The van der Waals surface area contributed by atoms with E-state index in [1.807, 2.05) is 24.3 Å². The molecule has 0 amide bonds. The van der Waals surface area contributed by atoms with Crippen molar-refractivity contribution in [2.24, 2.45) is 5.84 Å². The number of hydrogen-bond acceptors (Lipinski definition) is 3. The van der Waals surface area contributed by atoms with Gasteiger partial charge in [-0.2, -0.15) is 0 Å². The van der Waals surface area contributed by atoms with E-state index < -0.39 is 6.04 Å². The predicted molar refractivity (Wildman–Crippen MR) is 78.5 cm³/mol. The highest BCUT2D eigenvalue weighted by molar-refractivity contribution is 5.33. The summed E-state index contributed by atoms with van der Waals surface area (Å²) in [6.45, 7) is 6.46. The zero-order chi connectivity index (χ0) is 14.8. The molecule has 3 N–H and O–H groups in total. The Hall–Kier alpha value is -1.78. The number of hydrogen-bond donors (Lipinski definition) is 2. The van der Waals surface area contributed by atoms with E-state index in [4.69, 9.17) is 5.84 Å². The summed E-state index contributed by atoms with van der Waals surface area (Å²) in [5.41, 5.74) is 5.13. The van der Waals surface area contributed by atoms with E-state index in [0.29, 0.717) is 5.69 Å². The van der Waals surface area contributed by atoms with Crippen LogP contribution < -0.4 is 11.3 Å². The van der Waals surface area contributed by atoms with E-state index in [1.54, 1.807) is 12.3 Å². The van der Waals surface area contributed by atoms with Gasteiger partial charge in [0.1, 0.15) is 5.82 Å². The monoisotopic (exact) mass is 273 g/mol. The highest BCUT2D eigenvalue weighted by atomic mass is 19.1. The smallest absolute Gasteiger partial charge is 0.146 e. The van der Waals surface area contributed by atoms with Gasteiger partial charge >= 0.3 is 0 Å². The molecule has 4 heteroatoms. The van der Waals surface area contributed by atoms with Crippen molar-refractivity contribution in [1.82, 2.24) is 10.4 Å². The van der Waals surface area contributed by atoms with Crippen molar-refractivity contribution in [2.75, 3.05) is 0 Å². The topological polar surface area (TPSA) is 50.9 Å². The fourth-order valence-electron chi connectivity index (χ4n) is 2.12. The zero-order valence-corrected chi connectivity index (χ0v) is 12.0. The summed E-state index contributed by atoms with van der Waals surface area (Å²) in [6.07, 6.45) is 1.56. The molecule has 106 valence electrons. The number of hydrazine groups is 1. The van der Waals surface area contributed by atoms with Crippen molar-refractivity contribution in [3.8, 4) is 0 Å². The molecule has 1 unspecified atom stereocenters. The second kappa shape index (κ2) is 5.69. The van der Waals surface area contributed by atoms with E-state index in [1.165, 1.54) is 11.6 Å². The minimum Gasteiger partial charge on any atom is -0.271 e. The molecule has 1 heterocycles. The van der Waals surface area contributed by atoms with Crippen LogP contribution in [-0.4, -0.2) is 4.98 Å². The van der Waals surface area contributed by atoms with E-state index in [9.17, 15) is 4.39 Å².